The van der Waals surface area contributed by atoms with E-state index in [0.717, 1.165) is 0 Å². The van der Waals surface area contributed by atoms with Crippen LogP contribution in [-0.2, 0) is 0 Å². The number of nitrogens with zero attached hydrogens (tertiary/aromatic N) is 1. The third kappa shape index (κ3) is 3.64. The molecule has 0 aliphatic heterocycles. The zero-order valence-corrected chi connectivity index (χ0v) is 5.73. The summed E-state index contributed by atoms with van der Waals surface area (Å²) in [7, 11) is 0. The molecule has 0 amide bonds. The molecule has 0 spiro atoms. The summed E-state index contributed by atoms with van der Waals surface area (Å²) in [6, 6.07) is 0. The molecule has 11 heavy (non-hydrogen) atoms. The zero-order chi connectivity index (χ0) is 8.91. The molecule has 2 nitrogen and oxygen atoms in total. The smallest absolute Gasteiger partial charge is 0.411 e. The Morgan fingerprint density at radius 1 is 1.55 bits per heavy atom. The van der Waals surface area contributed by atoms with Crippen LogP contribution in [0.1, 0.15) is 12.8 Å². The number of halogens is 3. The first-order valence-electron chi connectivity index (χ1n) is 2.91. The Hall–Kier alpha value is -1.00. The molecule has 5 heteroatoms. The molecule has 64 valence electrons. The molecule has 0 aliphatic rings. The van der Waals surface area contributed by atoms with Crippen molar-refractivity contribution in [2.75, 3.05) is 0 Å². The fourth-order valence-corrected chi connectivity index (χ4v) is 0.487. The van der Waals surface area contributed by atoms with Crippen LogP contribution in [0.5, 0.6) is 0 Å². The van der Waals surface area contributed by atoms with Gasteiger partial charge in [0, 0.05) is 6.42 Å². The maximum absolute atomic E-state index is 11.7. The standard InChI is InChI=1S/C6H8F3NO/c1-2-3-4-5(10-11)6(7,8)9/h2,11H,1,3-4H2/b10-5-. The lowest BCUT2D eigenvalue weighted by atomic mass is 10.2. The van der Waals surface area contributed by atoms with Crippen molar-refractivity contribution < 1.29 is 18.4 Å². The maximum atomic E-state index is 11.7. The van der Waals surface area contributed by atoms with E-state index in [-0.39, 0.29) is 12.8 Å². The SMILES string of the molecule is C=CCC/C(=N/O)C(F)(F)F. The van der Waals surface area contributed by atoms with Crippen molar-refractivity contribution in [1.82, 2.24) is 0 Å². The maximum Gasteiger partial charge on any atom is 0.432 e. The van der Waals surface area contributed by atoms with E-state index < -0.39 is 11.9 Å². The second-order valence-corrected chi connectivity index (χ2v) is 1.87. The monoisotopic (exact) mass is 167 g/mol. The van der Waals surface area contributed by atoms with Gasteiger partial charge in [0.2, 0.25) is 0 Å². The lowest BCUT2D eigenvalue weighted by Crippen LogP contribution is -2.22. The largest absolute Gasteiger partial charge is 0.432 e. The van der Waals surface area contributed by atoms with Crippen LogP contribution in [0.3, 0.4) is 0 Å². The van der Waals surface area contributed by atoms with E-state index in [1.165, 1.54) is 6.08 Å². The van der Waals surface area contributed by atoms with Gasteiger partial charge >= 0.3 is 6.18 Å². The first-order valence-corrected chi connectivity index (χ1v) is 2.91. The van der Waals surface area contributed by atoms with Crippen LogP contribution in [0.2, 0.25) is 0 Å². The van der Waals surface area contributed by atoms with E-state index in [1.807, 2.05) is 0 Å². The molecule has 0 fully saturated rings. The minimum atomic E-state index is -4.53. The van der Waals surface area contributed by atoms with E-state index in [4.69, 9.17) is 5.21 Å². The molecule has 0 aliphatic carbocycles. The summed E-state index contributed by atoms with van der Waals surface area (Å²) in [6.07, 6.45) is -3.38. The molecule has 1 N–H and O–H groups in total. The number of rotatable bonds is 3. The van der Waals surface area contributed by atoms with Gasteiger partial charge in [0.1, 0.15) is 0 Å². The molecule has 0 unspecified atom stereocenters. The first-order chi connectivity index (χ1) is 5.02. The van der Waals surface area contributed by atoms with Gasteiger partial charge in [0.15, 0.2) is 5.71 Å². The average molecular weight is 167 g/mol. The minimum absolute atomic E-state index is 0.152. The van der Waals surface area contributed by atoms with Crippen LogP contribution >= 0.6 is 0 Å². The van der Waals surface area contributed by atoms with Gasteiger partial charge in [-0.15, -0.1) is 6.58 Å². The summed E-state index contributed by atoms with van der Waals surface area (Å²) in [4.78, 5) is 0. The van der Waals surface area contributed by atoms with Crippen molar-refractivity contribution in [2.45, 2.75) is 19.0 Å². The third-order valence-corrected chi connectivity index (χ3v) is 1.03. The lowest BCUT2D eigenvalue weighted by molar-refractivity contribution is -0.0626. The third-order valence-electron chi connectivity index (χ3n) is 1.03. The summed E-state index contributed by atoms with van der Waals surface area (Å²) in [6.45, 7) is 3.25. The summed E-state index contributed by atoms with van der Waals surface area (Å²) in [5.41, 5.74) is -1.17. The Kier molecular flexibility index (Phi) is 3.64. The molecular formula is C6H8F3NO. The molecular weight excluding hydrogens is 159 g/mol. The van der Waals surface area contributed by atoms with Crippen molar-refractivity contribution >= 4 is 5.71 Å². The molecule has 0 rings (SSSR count). The minimum Gasteiger partial charge on any atom is -0.411 e. The van der Waals surface area contributed by atoms with Gasteiger partial charge in [0.05, 0.1) is 0 Å². The van der Waals surface area contributed by atoms with Gasteiger partial charge in [-0.2, -0.15) is 13.2 Å². The zero-order valence-electron chi connectivity index (χ0n) is 5.73. The highest BCUT2D eigenvalue weighted by Gasteiger charge is 2.35. The number of alkyl halides is 3. The molecule has 0 heterocycles. The molecule has 0 aromatic carbocycles. The normalized spacial score (nSPS) is 13.2. The Bertz CT molecular complexity index is 162. The Morgan fingerprint density at radius 2 is 2.09 bits per heavy atom. The van der Waals surface area contributed by atoms with E-state index in [9.17, 15) is 13.2 Å². The van der Waals surface area contributed by atoms with Gasteiger partial charge < -0.3 is 5.21 Å². The van der Waals surface area contributed by atoms with Gasteiger partial charge in [-0.25, -0.2) is 0 Å². The molecule has 0 aromatic rings. The van der Waals surface area contributed by atoms with Crippen molar-refractivity contribution in [3.8, 4) is 0 Å². The second kappa shape index (κ2) is 4.00. The van der Waals surface area contributed by atoms with Gasteiger partial charge in [-0.05, 0) is 6.42 Å². The highest BCUT2D eigenvalue weighted by molar-refractivity contribution is 5.89. The van der Waals surface area contributed by atoms with Crippen LogP contribution in [0.15, 0.2) is 17.8 Å². The Labute approximate surface area is 62.0 Å². The van der Waals surface area contributed by atoms with Crippen LogP contribution in [-0.4, -0.2) is 17.1 Å². The van der Waals surface area contributed by atoms with Crippen LogP contribution in [0, 0.1) is 0 Å². The quantitative estimate of drug-likeness (QED) is 0.297. The number of hydrogen-bond acceptors (Lipinski definition) is 2. The molecule has 0 saturated heterocycles. The highest BCUT2D eigenvalue weighted by atomic mass is 19.4. The van der Waals surface area contributed by atoms with E-state index in [1.54, 1.807) is 0 Å². The highest BCUT2D eigenvalue weighted by Crippen LogP contribution is 2.20. The van der Waals surface area contributed by atoms with E-state index in [0.29, 0.717) is 0 Å². The summed E-state index contributed by atoms with van der Waals surface area (Å²) >= 11 is 0. The number of hydrogen-bond donors (Lipinski definition) is 1. The fraction of sp³-hybridized carbons (Fsp3) is 0.500. The van der Waals surface area contributed by atoms with E-state index in [2.05, 4.69) is 11.7 Å². The predicted molar refractivity (Wildman–Crippen MR) is 34.7 cm³/mol. The van der Waals surface area contributed by atoms with Crippen LogP contribution in [0.4, 0.5) is 13.2 Å². The number of allylic oxidation sites excluding steroid dienone is 1. The molecule has 0 bridgehead atoms. The Balaban J connectivity index is 4.09. The van der Waals surface area contributed by atoms with Crippen molar-refractivity contribution in [1.29, 1.82) is 0 Å². The van der Waals surface area contributed by atoms with Crippen molar-refractivity contribution in [3.63, 3.8) is 0 Å². The average Bonchev–Trinajstić information content (AvgIpc) is 1.87. The fourth-order valence-electron chi connectivity index (χ4n) is 0.487. The second-order valence-electron chi connectivity index (χ2n) is 1.87. The first kappa shape index (κ1) is 10.0. The molecule has 0 saturated carbocycles. The molecule has 0 radical (unpaired) electrons. The van der Waals surface area contributed by atoms with Gasteiger partial charge in [-0.1, -0.05) is 11.2 Å². The van der Waals surface area contributed by atoms with Crippen molar-refractivity contribution in [3.05, 3.63) is 12.7 Å². The Morgan fingerprint density at radius 3 is 2.36 bits per heavy atom. The van der Waals surface area contributed by atoms with E-state index >= 15 is 0 Å². The summed E-state index contributed by atoms with van der Waals surface area (Å²) in [5, 5.41) is 10.1. The summed E-state index contributed by atoms with van der Waals surface area (Å²) in [5.74, 6) is 0. The number of oxime groups is 1. The molecule has 0 aromatic heterocycles. The lowest BCUT2D eigenvalue weighted by Gasteiger charge is -2.05. The van der Waals surface area contributed by atoms with Gasteiger partial charge in [0.25, 0.3) is 0 Å². The predicted octanol–water partition coefficient (Wildman–Crippen LogP) is 2.35. The van der Waals surface area contributed by atoms with Crippen molar-refractivity contribution in [2.24, 2.45) is 5.16 Å². The molecule has 0 atom stereocenters. The van der Waals surface area contributed by atoms with Gasteiger partial charge in [-0.3, -0.25) is 0 Å². The summed E-state index contributed by atoms with van der Waals surface area (Å²) < 4.78 is 35.2. The van der Waals surface area contributed by atoms with Crippen LogP contribution < -0.4 is 0 Å². The van der Waals surface area contributed by atoms with Crippen LogP contribution in [0.25, 0.3) is 0 Å². The topological polar surface area (TPSA) is 32.6 Å².